The fraction of sp³-hybridized carbons (Fsp3) is 0.571. The highest BCUT2D eigenvalue weighted by Gasteiger charge is 2.17. The number of aliphatic hydroxyl groups excluding tert-OH is 1. The molecule has 2 N–H and O–H groups in total. The summed E-state index contributed by atoms with van der Waals surface area (Å²) in [4.78, 5) is 1.57. The van der Waals surface area contributed by atoms with Gasteiger partial charge >= 0.3 is 0 Å². The van der Waals surface area contributed by atoms with E-state index in [1.54, 1.807) is 4.90 Å². The molecule has 3 heteroatoms. The van der Waals surface area contributed by atoms with E-state index in [-0.39, 0.29) is 6.10 Å². The van der Waals surface area contributed by atoms with Gasteiger partial charge in [-0.2, -0.15) is 0 Å². The molecule has 0 spiro atoms. The molecule has 1 saturated heterocycles. The Bertz CT molecular complexity index is 333. The molecule has 1 aliphatic rings. The number of hydrogen-bond acceptors (Lipinski definition) is 1. The third kappa shape index (κ3) is 4.41. The fourth-order valence-electron chi connectivity index (χ4n) is 2.55. The van der Waals surface area contributed by atoms with Crippen LogP contribution in [0.4, 0.5) is 0 Å². The highest BCUT2D eigenvalue weighted by atomic mass is 79.9. The molecule has 2 nitrogen and oxygen atoms in total. The number of hydrogen-bond donors (Lipinski definition) is 2. The molecule has 0 bridgehead atoms. The van der Waals surface area contributed by atoms with Gasteiger partial charge in [-0.05, 0) is 37.0 Å². The summed E-state index contributed by atoms with van der Waals surface area (Å²) in [7, 11) is 0. The van der Waals surface area contributed by atoms with Gasteiger partial charge in [0.15, 0.2) is 0 Å². The first-order chi connectivity index (χ1) is 8.24. The van der Waals surface area contributed by atoms with Crippen LogP contribution in [-0.2, 0) is 6.42 Å². The Morgan fingerprint density at radius 2 is 1.76 bits per heavy atom. The van der Waals surface area contributed by atoms with Crippen molar-refractivity contribution in [2.24, 2.45) is 0 Å². The van der Waals surface area contributed by atoms with E-state index in [1.165, 1.54) is 37.9 Å². The molecule has 1 fully saturated rings. The minimum Gasteiger partial charge on any atom is -0.387 e. The molecular formula is C14H21BrNO+. The number of halogens is 1. The number of nitrogens with one attached hydrogen (secondary N) is 1. The number of rotatable bonds is 4. The number of benzene rings is 1. The van der Waals surface area contributed by atoms with Crippen molar-refractivity contribution < 1.29 is 10.0 Å². The van der Waals surface area contributed by atoms with E-state index in [9.17, 15) is 5.11 Å². The van der Waals surface area contributed by atoms with Crippen molar-refractivity contribution in [2.75, 3.05) is 19.6 Å². The predicted octanol–water partition coefficient (Wildman–Crippen LogP) is 1.42. The van der Waals surface area contributed by atoms with Gasteiger partial charge in [-0.15, -0.1) is 0 Å². The van der Waals surface area contributed by atoms with Gasteiger partial charge in [0.1, 0.15) is 12.6 Å². The molecule has 0 saturated carbocycles. The van der Waals surface area contributed by atoms with Crippen LogP contribution in [0.5, 0.6) is 0 Å². The van der Waals surface area contributed by atoms with Crippen molar-refractivity contribution in [3.63, 3.8) is 0 Å². The molecule has 0 aliphatic carbocycles. The Kier molecular flexibility index (Phi) is 5.01. The van der Waals surface area contributed by atoms with Crippen molar-refractivity contribution >= 4 is 15.9 Å². The first-order valence-electron chi connectivity index (χ1n) is 6.50. The Hall–Kier alpha value is -0.380. The second-order valence-electron chi connectivity index (χ2n) is 5.00. The molecule has 2 rings (SSSR count). The molecule has 0 radical (unpaired) electrons. The van der Waals surface area contributed by atoms with E-state index in [4.69, 9.17) is 0 Å². The monoisotopic (exact) mass is 298 g/mol. The van der Waals surface area contributed by atoms with Crippen LogP contribution in [0.2, 0.25) is 0 Å². The highest BCUT2D eigenvalue weighted by Crippen LogP contribution is 2.11. The van der Waals surface area contributed by atoms with Gasteiger partial charge in [-0.25, -0.2) is 0 Å². The number of piperidine rings is 1. The molecule has 94 valence electrons. The second-order valence-corrected chi connectivity index (χ2v) is 5.91. The summed E-state index contributed by atoms with van der Waals surface area (Å²) in [5.41, 5.74) is 1.22. The molecule has 1 atom stereocenters. The lowest BCUT2D eigenvalue weighted by molar-refractivity contribution is -0.907. The maximum atomic E-state index is 10.1. The SMILES string of the molecule is O[C@H](Cc1ccc(Br)cc1)C[NH+]1CCCCC1. The van der Waals surface area contributed by atoms with Crippen LogP contribution in [0, 0.1) is 0 Å². The van der Waals surface area contributed by atoms with E-state index < -0.39 is 0 Å². The van der Waals surface area contributed by atoms with Crippen molar-refractivity contribution in [2.45, 2.75) is 31.8 Å². The number of quaternary nitrogens is 1. The molecule has 17 heavy (non-hydrogen) atoms. The standard InChI is InChI=1S/C14H20BrNO/c15-13-6-4-12(5-7-13)10-14(17)11-16-8-2-1-3-9-16/h4-7,14,17H,1-3,8-11H2/p+1/t14-/m1/s1. The fourth-order valence-corrected chi connectivity index (χ4v) is 2.82. The third-order valence-electron chi connectivity index (χ3n) is 3.47. The van der Waals surface area contributed by atoms with E-state index >= 15 is 0 Å². The van der Waals surface area contributed by atoms with Crippen LogP contribution in [0.25, 0.3) is 0 Å². The lowest BCUT2D eigenvalue weighted by Gasteiger charge is -2.25. The van der Waals surface area contributed by atoms with E-state index in [0.717, 1.165) is 17.4 Å². The smallest absolute Gasteiger partial charge is 0.107 e. The number of likely N-dealkylation sites (tertiary alicyclic amines) is 1. The van der Waals surface area contributed by atoms with Crippen LogP contribution in [0.15, 0.2) is 28.7 Å². The van der Waals surface area contributed by atoms with Crippen molar-refractivity contribution in [1.82, 2.24) is 0 Å². The van der Waals surface area contributed by atoms with Gasteiger partial charge in [-0.3, -0.25) is 0 Å². The Labute approximate surface area is 112 Å². The summed E-state index contributed by atoms with van der Waals surface area (Å²) >= 11 is 3.42. The van der Waals surface area contributed by atoms with Gasteiger partial charge in [0, 0.05) is 10.9 Å². The molecule has 0 amide bonds. The summed E-state index contributed by atoms with van der Waals surface area (Å²) in [6.07, 6.45) is 4.58. The molecule has 1 aromatic rings. The van der Waals surface area contributed by atoms with Crippen molar-refractivity contribution in [3.8, 4) is 0 Å². The first kappa shape index (κ1) is 13.1. The van der Waals surface area contributed by atoms with Gasteiger partial charge < -0.3 is 10.0 Å². The predicted molar refractivity (Wildman–Crippen MR) is 73.3 cm³/mol. The average molecular weight is 299 g/mol. The van der Waals surface area contributed by atoms with Crippen molar-refractivity contribution in [3.05, 3.63) is 34.3 Å². The molecule has 1 heterocycles. The first-order valence-corrected chi connectivity index (χ1v) is 7.29. The normalized spacial score (nSPS) is 19.2. The second kappa shape index (κ2) is 6.53. The van der Waals surface area contributed by atoms with Gasteiger partial charge in [0.2, 0.25) is 0 Å². The Morgan fingerprint density at radius 1 is 1.12 bits per heavy atom. The van der Waals surface area contributed by atoms with Crippen molar-refractivity contribution in [1.29, 1.82) is 0 Å². The third-order valence-corrected chi connectivity index (χ3v) is 4.00. The lowest BCUT2D eigenvalue weighted by Crippen LogP contribution is -3.13. The maximum absolute atomic E-state index is 10.1. The lowest BCUT2D eigenvalue weighted by atomic mass is 10.1. The summed E-state index contributed by atoms with van der Waals surface area (Å²) in [6, 6.07) is 8.24. The molecule has 1 aliphatic heterocycles. The molecule has 0 aromatic heterocycles. The van der Waals surface area contributed by atoms with Gasteiger partial charge in [0.05, 0.1) is 13.1 Å². The van der Waals surface area contributed by atoms with Crippen LogP contribution in [-0.4, -0.2) is 30.8 Å². The largest absolute Gasteiger partial charge is 0.387 e. The molecule has 1 aromatic carbocycles. The van der Waals surface area contributed by atoms with E-state index in [2.05, 4.69) is 28.1 Å². The minimum atomic E-state index is -0.204. The highest BCUT2D eigenvalue weighted by molar-refractivity contribution is 9.10. The molecule has 0 unspecified atom stereocenters. The van der Waals surface area contributed by atoms with Crippen LogP contribution < -0.4 is 4.90 Å². The van der Waals surface area contributed by atoms with E-state index in [0.29, 0.717) is 0 Å². The molecular weight excluding hydrogens is 278 g/mol. The Balaban J connectivity index is 1.79. The summed E-state index contributed by atoms with van der Waals surface area (Å²) in [5.74, 6) is 0. The van der Waals surface area contributed by atoms with E-state index in [1.807, 2.05) is 12.1 Å². The summed E-state index contributed by atoms with van der Waals surface area (Å²) < 4.78 is 1.09. The Morgan fingerprint density at radius 3 is 2.41 bits per heavy atom. The number of aliphatic hydroxyl groups is 1. The zero-order valence-electron chi connectivity index (χ0n) is 10.2. The summed E-state index contributed by atoms with van der Waals surface area (Å²) in [6.45, 7) is 3.37. The zero-order chi connectivity index (χ0) is 12.1. The zero-order valence-corrected chi connectivity index (χ0v) is 11.7. The quantitative estimate of drug-likeness (QED) is 0.863. The van der Waals surface area contributed by atoms with Gasteiger partial charge in [0.25, 0.3) is 0 Å². The maximum Gasteiger partial charge on any atom is 0.107 e. The van der Waals surface area contributed by atoms with Crippen LogP contribution in [0.1, 0.15) is 24.8 Å². The topological polar surface area (TPSA) is 24.7 Å². The average Bonchev–Trinajstić information content (AvgIpc) is 2.33. The van der Waals surface area contributed by atoms with Crippen LogP contribution in [0.3, 0.4) is 0 Å². The van der Waals surface area contributed by atoms with Crippen LogP contribution >= 0.6 is 15.9 Å². The minimum absolute atomic E-state index is 0.204. The van der Waals surface area contributed by atoms with Gasteiger partial charge in [-0.1, -0.05) is 28.1 Å². The summed E-state index contributed by atoms with van der Waals surface area (Å²) in [5, 5.41) is 10.1.